The van der Waals surface area contributed by atoms with Crippen LogP contribution in [0.5, 0.6) is 0 Å². The fraction of sp³-hybridized carbons (Fsp3) is 0.611. The van der Waals surface area contributed by atoms with Crippen LogP contribution in [0.4, 0.5) is 5.69 Å². The number of rotatable bonds is 10. The summed E-state index contributed by atoms with van der Waals surface area (Å²) in [6, 6.07) is 5.75. The van der Waals surface area contributed by atoms with Crippen molar-refractivity contribution < 1.29 is 13.2 Å². The molecule has 1 rings (SSSR count). The van der Waals surface area contributed by atoms with Crippen LogP contribution in [0.25, 0.3) is 0 Å². The summed E-state index contributed by atoms with van der Waals surface area (Å²) in [4.78, 5) is 14.0. The molecule has 0 atom stereocenters. The first kappa shape index (κ1) is 21.4. The summed E-state index contributed by atoms with van der Waals surface area (Å²) in [5, 5.41) is 2.88. The Morgan fingerprint density at radius 1 is 1.12 bits per heavy atom. The van der Waals surface area contributed by atoms with Gasteiger partial charge in [-0.05, 0) is 64.5 Å². The van der Waals surface area contributed by atoms with Gasteiger partial charge >= 0.3 is 0 Å². The molecule has 0 aromatic heterocycles. The lowest BCUT2D eigenvalue weighted by Crippen LogP contribution is -2.33. The maximum absolute atomic E-state index is 12.2. The van der Waals surface area contributed by atoms with E-state index in [0.717, 1.165) is 24.1 Å². The Kier molecular flexibility index (Phi) is 8.38. The molecule has 142 valence electrons. The van der Waals surface area contributed by atoms with Crippen molar-refractivity contribution in [3.05, 3.63) is 29.3 Å². The van der Waals surface area contributed by atoms with Gasteiger partial charge in [0, 0.05) is 19.5 Å². The molecule has 6 nitrogen and oxygen atoms in total. The topological polar surface area (TPSA) is 69.7 Å². The largest absolute Gasteiger partial charge is 0.356 e. The summed E-state index contributed by atoms with van der Waals surface area (Å²) in [6.07, 6.45) is 2.91. The minimum atomic E-state index is -3.39. The smallest absolute Gasteiger partial charge is 0.232 e. The molecule has 0 fully saturated rings. The Morgan fingerprint density at radius 2 is 1.80 bits per heavy atom. The van der Waals surface area contributed by atoms with Gasteiger partial charge in [0.15, 0.2) is 0 Å². The molecule has 0 aliphatic rings. The second kappa shape index (κ2) is 9.77. The van der Waals surface area contributed by atoms with Crippen LogP contribution in [0.3, 0.4) is 0 Å². The summed E-state index contributed by atoms with van der Waals surface area (Å²) in [5.74, 6) is -0.0341. The van der Waals surface area contributed by atoms with Gasteiger partial charge in [0.05, 0.1) is 11.9 Å². The second-order valence-corrected chi connectivity index (χ2v) is 8.64. The van der Waals surface area contributed by atoms with Crippen molar-refractivity contribution in [3.63, 3.8) is 0 Å². The SMILES string of the molecule is Cc1ccc(C)c(N(CCCC(=O)NCCCN(C)C)S(C)(=O)=O)c1. The van der Waals surface area contributed by atoms with Gasteiger partial charge in [-0.2, -0.15) is 0 Å². The van der Waals surface area contributed by atoms with Crippen molar-refractivity contribution in [2.24, 2.45) is 0 Å². The van der Waals surface area contributed by atoms with Crippen LogP contribution >= 0.6 is 0 Å². The number of carbonyl (C=O) groups is 1. The van der Waals surface area contributed by atoms with Gasteiger partial charge in [-0.25, -0.2) is 8.42 Å². The Labute approximate surface area is 152 Å². The van der Waals surface area contributed by atoms with Crippen LogP contribution in [-0.2, 0) is 14.8 Å². The van der Waals surface area contributed by atoms with Crippen molar-refractivity contribution >= 4 is 21.6 Å². The van der Waals surface area contributed by atoms with Crippen LogP contribution < -0.4 is 9.62 Å². The predicted molar refractivity (Wildman–Crippen MR) is 104 cm³/mol. The lowest BCUT2D eigenvalue weighted by atomic mass is 10.1. The van der Waals surface area contributed by atoms with Crippen molar-refractivity contribution in [1.82, 2.24) is 10.2 Å². The normalized spacial score (nSPS) is 11.6. The van der Waals surface area contributed by atoms with E-state index in [9.17, 15) is 13.2 Å². The average Bonchev–Trinajstić information content (AvgIpc) is 2.49. The van der Waals surface area contributed by atoms with Crippen LogP contribution in [0.2, 0.25) is 0 Å². The van der Waals surface area contributed by atoms with Crippen LogP contribution in [0, 0.1) is 13.8 Å². The van der Waals surface area contributed by atoms with Gasteiger partial charge < -0.3 is 10.2 Å². The first-order valence-electron chi connectivity index (χ1n) is 8.57. The number of aryl methyl sites for hydroxylation is 2. The molecule has 0 aliphatic carbocycles. The summed E-state index contributed by atoms with van der Waals surface area (Å²) < 4.78 is 25.7. The Balaban J connectivity index is 2.58. The zero-order valence-corrected chi connectivity index (χ0v) is 16.8. The minimum Gasteiger partial charge on any atom is -0.356 e. The second-order valence-electron chi connectivity index (χ2n) is 6.74. The molecule has 0 radical (unpaired) electrons. The molecule has 25 heavy (non-hydrogen) atoms. The van der Waals surface area contributed by atoms with Gasteiger partial charge in [0.2, 0.25) is 15.9 Å². The van der Waals surface area contributed by atoms with Gasteiger partial charge in [-0.1, -0.05) is 12.1 Å². The van der Waals surface area contributed by atoms with E-state index in [1.54, 1.807) is 0 Å². The van der Waals surface area contributed by atoms with E-state index in [1.807, 2.05) is 46.1 Å². The third-order valence-corrected chi connectivity index (χ3v) is 5.08. The fourth-order valence-electron chi connectivity index (χ4n) is 2.55. The van der Waals surface area contributed by atoms with E-state index in [-0.39, 0.29) is 5.91 Å². The lowest BCUT2D eigenvalue weighted by molar-refractivity contribution is -0.121. The maximum atomic E-state index is 12.2. The van der Waals surface area contributed by atoms with Gasteiger partial charge in [-0.3, -0.25) is 9.10 Å². The number of hydrogen-bond acceptors (Lipinski definition) is 4. The summed E-state index contributed by atoms with van der Waals surface area (Å²) in [7, 11) is 0.600. The van der Waals surface area contributed by atoms with E-state index in [1.165, 1.54) is 10.6 Å². The number of nitrogens with one attached hydrogen (secondary N) is 1. The van der Waals surface area contributed by atoms with Crippen molar-refractivity contribution in [2.45, 2.75) is 33.1 Å². The van der Waals surface area contributed by atoms with Crippen LogP contribution in [0.1, 0.15) is 30.4 Å². The molecule has 7 heteroatoms. The number of nitrogens with zero attached hydrogens (tertiary/aromatic N) is 2. The molecule has 0 saturated carbocycles. The van der Waals surface area contributed by atoms with Gasteiger partial charge in [-0.15, -0.1) is 0 Å². The molecule has 1 N–H and O–H groups in total. The standard InChI is InChI=1S/C18H31N3O3S/c1-15-9-10-16(2)17(14-15)21(25(5,23)24)13-6-8-18(22)19-11-7-12-20(3)4/h9-10,14H,6-8,11-13H2,1-5H3,(H,19,22). The highest BCUT2D eigenvalue weighted by molar-refractivity contribution is 7.92. The number of anilines is 1. The molecule has 0 spiro atoms. The summed E-state index contributed by atoms with van der Waals surface area (Å²) >= 11 is 0. The van der Waals surface area contributed by atoms with Crippen molar-refractivity contribution in [1.29, 1.82) is 0 Å². The minimum absolute atomic E-state index is 0.0341. The third-order valence-electron chi connectivity index (χ3n) is 3.90. The van der Waals surface area contributed by atoms with Crippen LogP contribution in [-0.4, -0.2) is 59.2 Å². The Morgan fingerprint density at radius 3 is 2.40 bits per heavy atom. The maximum Gasteiger partial charge on any atom is 0.232 e. The molecule has 1 amide bonds. The fourth-order valence-corrected chi connectivity index (χ4v) is 3.56. The first-order valence-corrected chi connectivity index (χ1v) is 10.4. The highest BCUT2D eigenvalue weighted by Gasteiger charge is 2.19. The monoisotopic (exact) mass is 369 g/mol. The van der Waals surface area contributed by atoms with Crippen molar-refractivity contribution in [3.8, 4) is 0 Å². The Hall–Kier alpha value is -1.60. The number of sulfonamides is 1. The van der Waals surface area contributed by atoms with E-state index in [2.05, 4.69) is 10.2 Å². The predicted octanol–water partition coefficient (Wildman–Crippen LogP) is 1.92. The zero-order valence-electron chi connectivity index (χ0n) is 16.0. The Bertz CT molecular complexity index is 672. The zero-order chi connectivity index (χ0) is 19.0. The molecular formula is C18H31N3O3S. The molecule has 1 aromatic carbocycles. The van der Waals surface area contributed by atoms with E-state index in [0.29, 0.717) is 31.6 Å². The number of benzene rings is 1. The van der Waals surface area contributed by atoms with Gasteiger partial charge in [0.1, 0.15) is 0 Å². The highest BCUT2D eigenvalue weighted by Crippen LogP contribution is 2.24. The van der Waals surface area contributed by atoms with E-state index in [4.69, 9.17) is 0 Å². The first-order chi connectivity index (χ1) is 11.6. The molecule has 0 aliphatic heterocycles. The molecular weight excluding hydrogens is 338 g/mol. The molecule has 0 unspecified atom stereocenters. The van der Waals surface area contributed by atoms with E-state index >= 15 is 0 Å². The van der Waals surface area contributed by atoms with Crippen molar-refractivity contribution in [2.75, 3.05) is 44.3 Å². The molecule has 0 bridgehead atoms. The number of amides is 1. The third kappa shape index (κ3) is 7.88. The summed E-state index contributed by atoms with van der Waals surface area (Å²) in [6.45, 7) is 5.70. The summed E-state index contributed by atoms with van der Waals surface area (Å²) in [5.41, 5.74) is 2.60. The van der Waals surface area contributed by atoms with E-state index < -0.39 is 10.0 Å². The quantitative estimate of drug-likeness (QED) is 0.640. The highest BCUT2D eigenvalue weighted by atomic mass is 32.2. The average molecular weight is 370 g/mol. The molecule has 0 heterocycles. The number of carbonyl (C=O) groups excluding carboxylic acids is 1. The molecule has 0 saturated heterocycles. The van der Waals surface area contributed by atoms with Crippen LogP contribution in [0.15, 0.2) is 18.2 Å². The lowest BCUT2D eigenvalue weighted by Gasteiger charge is -2.24. The number of hydrogen-bond donors (Lipinski definition) is 1. The van der Waals surface area contributed by atoms with Gasteiger partial charge in [0.25, 0.3) is 0 Å². The molecule has 1 aromatic rings.